The van der Waals surface area contributed by atoms with Gasteiger partial charge in [0.2, 0.25) is 0 Å². The molecule has 0 bridgehead atoms. The Labute approximate surface area is 449 Å². The van der Waals surface area contributed by atoms with Crippen LogP contribution < -0.4 is 4.90 Å². The second-order valence-corrected chi connectivity index (χ2v) is 20.8. The van der Waals surface area contributed by atoms with Crippen LogP contribution in [0.5, 0.6) is 0 Å². The van der Waals surface area contributed by atoms with Crippen molar-refractivity contribution < 1.29 is 13.3 Å². The molecule has 79 heavy (non-hydrogen) atoms. The largest absolute Gasteiger partial charge is 0.456 e. The quantitative estimate of drug-likeness (QED) is 0.167. The number of benzene rings is 12. The van der Waals surface area contributed by atoms with Gasteiger partial charge in [0.05, 0.1) is 33.1 Å². The van der Waals surface area contributed by atoms with E-state index in [1.54, 1.807) is 0 Å². The molecule has 18 rings (SSSR count). The Bertz CT molecular complexity index is 5000. The van der Waals surface area contributed by atoms with Crippen LogP contribution in [0.3, 0.4) is 0 Å². The zero-order valence-corrected chi connectivity index (χ0v) is 42.3. The maximum Gasteiger partial charge on any atom is 0.136 e. The van der Waals surface area contributed by atoms with E-state index in [2.05, 4.69) is 237 Å². The van der Waals surface area contributed by atoms with Crippen LogP contribution in [0.15, 0.2) is 268 Å². The van der Waals surface area contributed by atoms with Crippen LogP contribution in [0.25, 0.3) is 148 Å². The molecule has 6 aromatic heterocycles. The average molecular weight is 1010 g/mol. The fourth-order valence-electron chi connectivity index (χ4n) is 13.1. The lowest BCUT2D eigenvalue weighted by Gasteiger charge is -2.26. The van der Waals surface area contributed by atoms with Crippen molar-refractivity contribution in [2.24, 2.45) is 0 Å². The van der Waals surface area contributed by atoms with E-state index in [4.69, 9.17) is 13.3 Å². The topological polar surface area (TPSA) is 57.5 Å². The summed E-state index contributed by atoms with van der Waals surface area (Å²) in [5, 5.41) is 13.7. The molecule has 368 valence electrons. The van der Waals surface area contributed by atoms with E-state index in [0.717, 1.165) is 149 Å². The molecule has 0 saturated heterocycles. The minimum atomic E-state index is 0.892. The van der Waals surface area contributed by atoms with Crippen LogP contribution in [-0.4, -0.2) is 13.7 Å². The molecule has 0 N–H and O–H groups in total. The Morgan fingerprint density at radius 3 is 0.772 bits per heavy atom. The van der Waals surface area contributed by atoms with E-state index in [0.29, 0.717) is 0 Å². The Kier molecular flexibility index (Phi) is 8.54. The lowest BCUT2D eigenvalue weighted by atomic mass is 10.1. The number of nitrogens with zero attached hydrogens (tertiary/aromatic N) is 4. The highest BCUT2D eigenvalue weighted by atomic mass is 16.3. The van der Waals surface area contributed by atoms with Gasteiger partial charge in [0.15, 0.2) is 0 Å². The molecular formula is C72H42N4O3. The molecule has 12 aromatic carbocycles. The highest BCUT2D eigenvalue weighted by molar-refractivity contribution is 6.20. The van der Waals surface area contributed by atoms with Gasteiger partial charge in [-0.1, -0.05) is 109 Å². The molecule has 0 atom stereocenters. The molecular weight excluding hydrogens is 969 g/mol. The van der Waals surface area contributed by atoms with Crippen LogP contribution >= 0.6 is 0 Å². The predicted octanol–water partition coefficient (Wildman–Crippen LogP) is 20.1. The highest BCUT2D eigenvalue weighted by Crippen LogP contribution is 2.44. The number of aromatic nitrogens is 3. The summed E-state index contributed by atoms with van der Waals surface area (Å²) >= 11 is 0. The summed E-state index contributed by atoms with van der Waals surface area (Å²) in [4.78, 5) is 2.37. The van der Waals surface area contributed by atoms with E-state index >= 15 is 0 Å². The van der Waals surface area contributed by atoms with Gasteiger partial charge >= 0.3 is 0 Å². The van der Waals surface area contributed by atoms with Gasteiger partial charge in [-0.25, -0.2) is 0 Å². The third kappa shape index (κ3) is 6.06. The molecule has 18 aromatic rings. The molecule has 7 heteroatoms. The predicted molar refractivity (Wildman–Crippen MR) is 326 cm³/mol. The standard InChI is InChI=1S/C72H42N4O3/c1-7-19-61-49(13-1)55-40-70-58(52-16-4-10-22-67(52)77-70)37-64(55)74(61)46-31-25-43(26-32-46)73(44-27-33-47(34-28-44)75-62-20-8-2-14-50(62)56-41-71-59(38-65(56)75)53-17-5-11-23-68(53)78-71)45-29-35-48(36-30-45)76-63-21-9-3-15-51(63)57-42-72-60(39-66(57)76)54-18-6-12-24-69(54)79-72/h1-42H. The van der Waals surface area contributed by atoms with E-state index < -0.39 is 0 Å². The van der Waals surface area contributed by atoms with Crippen molar-refractivity contribution in [1.29, 1.82) is 0 Å². The van der Waals surface area contributed by atoms with Gasteiger partial charge in [0.1, 0.15) is 33.5 Å². The Morgan fingerprint density at radius 2 is 0.468 bits per heavy atom. The maximum atomic E-state index is 6.41. The first-order valence-corrected chi connectivity index (χ1v) is 26.8. The molecule has 0 spiro atoms. The third-order valence-electron chi connectivity index (χ3n) is 16.6. The van der Waals surface area contributed by atoms with Crippen LogP contribution in [-0.2, 0) is 0 Å². The van der Waals surface area contributed by atoms with E-state index in [1.165, 1.54) is 16.2 Å². The van der Waals surface area contributed by atoms with Crippen LogP contribution in [0.1, 0.15) is 0 Å². The highest BCUT2D eigenvalue weighted by Gasteiger charge is 2.22. The van der Waals surface area contributed by atoms with Gasteiger partial charge in [0.25, 0.3) is 0 Å². The Balaban J connectivity index is 0.802. The summed E-state index contributed by atoms with van der Waals surface area (Å²) in [5.41, 5.74) is 18.5. The second kappa shape index (κ2) is 15.9. The third-order valence-corrected chi connectivity index (χ3v) is 16.6. The number of hydrogen-bond donors (Lipinski definition) is 0. The van der Waals surface area contributed by atoms with Crippen molar-refractivity contribution in [2.45, 2.75) is 0 Å². The van der Waals surface area contributed by atoms with Gasteiger partial charge in [-0.2, -0.15) is 0 Å². The molecule has 0 aliphatic heterocycles. The number of fused-ring (bicyclic) bond motifs is 18. The van der Waals surface area contributed by atoms with Crippen molar-refractivity contribution in [3.05, 3.63) is 255 Å². The fraction of sp³-hybridized carbons (Fsp3) is 0. The molecule has 6 heterocycles. The first-order valence-electron chi connectivity index (χ1n) is 26.8. The first-order chi connectivity index (χ1) is 39.1. The van der Waals surface area contributed by atoms with Gasteiger partial charge in [-0.15, -0.1) is 0 Å². The van der Waals surface area contributed by atoms with Crippen molar-refractivity contribution in [3.8, 4) is 17.1 Å². The summed E-state index contributed by atoms with van der Waals surface area (Å²) in [6.07, 6.45) is 0. The number of para-hydroxylation sites is 6. The second-order valence-electron chi connectivity index (χ2n) is 20.8. The summed E-state index contributed by atoms with van der Waals surface area (Å²) in [6, 6.07) is 91.5. The molecule has 0 unspecified atom stereocenters. The minimum Gasteiger partial charge on any atom is -0.456 e. The van der Waals surface area contributed by atoms with Crippen LogP contribution in [0, 0.1) is 0 Å². The van der Waals surface area contributed by atoms with Gasteiger partial charge in [-0.3, -0.25) is 0 Å². The number of anilines is 3. The van der Waals surface area contributed by atoms with Crippen LogP contribution in [0.2, 0.25) is 0 Å². The van der Waals surface area contributed by atoms with Crippen molar-refractivity contribution in [1.82, 2.24) is 13.7 Å². The summed E-state index contributed by atoms with van der Waals surface area (Å²) in [6.45, 7) is 0. The molecule has 0 saturated carbocycles. The van der Waals surface area contributed by atoms with Crippen molar-refractivity contribution in [2.75, 3.05) is 4.90 Å². The normalized spacial score (nSPS) is 12.3. The zero-order valence-electron chi connectivity index (χ0n) is 42.3. The van der Waals surface area contributed by atoms with Gasteiger partial charge in [-0.05, 0) is 146 Å². The van der Waals surface area contributed by atoms with E-state index in [9.17, 15) is 0 Å². The fourth-order valence-corrected chi connectivity index (χ4v) is 13.1. The maximum absolute atomic E-state index is 6.41. The summed E-state index contributed by atoms with van der Waals surface area (Å²) in [7, 11) is 0. The summed E-state index contributed by atoms with van der Waals surface area (Å²) in [5.74, 6) is 0. The lowest BCUT2D eigenvalue weighted by molar-refractivity contribution is 0.669. The molecule has 0 aliphatic rings. The van der Waals surface area contributed by atoms with Crippen molar-refractivity contribution in [3.63, 3.8) is 0 Å². The Morgan fingerprint density at radius 1 is 0.203 bits per heavy atom. The smallest absolute Gasteiger partial charge is 0.136 e. The molecule has 7 nitrogen and oxygen atoms in total. The zero-order chi connectivity index (χ0) is 51.4. The average Bonchev–Trinajstić information content (AvgIpc) is 4.54. The molecule has 0 radical (unpaired) electrons. The number of furan rings is 3. The van der Waals surface area contributed by atoms with E-state index in [1.807, 2.05) is 36.4 Å². The van der Waals surface area contributed by atoms with E-state index in [-0.39, 0.29) is 0 Å². The number of rotatable bonds is 6. The minimum absolute atomic E-state index is 0.892. The van der Waals surface area contributed by atoms with Crippen molar-refractivity contribution >= 4 is 148 Å². The Hall–Kier alpha value is -10.8. The number of hydrogen-bond acceptors (Lipinski definition) is 4. The molecule has 0 fully saturated rings. The lowest BCUT2D eigenvalue weighted by Crippen LogP contribution is -2.10. The SMILES string of the molecule is c1ccc2c(c1)oc1cc3c4ccccc4n(-c4ccc(N(c5ccc(-n6c7ccccc7c7cc8oc9ccccc9c8cc76)cc5)c5ccc(-n6c7ccccc7c7cc8oc9ccccc9c8cc76)cc5)cc4)c3cc12. The molecule has 0 aliphatic carbocycles. The van der Waals surface area contributed by atoms with Gasteiger partial charge in [0, 0.05) is 98.8 Å². The molecule has 0 amide bonds. The summed E-state index contributed by atoms with van der Waals surface area (Å²) < 4.78 is 26.4. The van der Waals surface area contributed by atoms with Gasteiger partial charge < -0.3 is 31.9 Å². The first kappa shape index (κ1) is 42.5. The monoisotopic (exact) mass is 1010 g/mol. The van der Waals surface area contributed by atoms with Crippen LogP contribution in [0.4, 0.5) is 17.1 Å².